The Hall–Kier alpha value is -0.380. The standard InChI is InChI=1S/C8H17NO2/c1-3-5-9-6-8(11)7(10)4-2/h4,7-11H,2-3,5-6H2,1H3/t7-,8+/m0/s1. The molecule has 3 nitrogen and oxygen atoms in total. The summed E-state index contributed by atoms with van der Waals surface area (Å²) in [6, 6.07) is 0. The molecule has 2 atom stereocenters. The first-order valence-electron chi connectivity index (χ1n) is 3.91. The molecule has 11 heavy (non-hydrogen) atoms. The quantitative estimate of drug-likeness (QED) is 0.374. The van der Waals surface area contributed by atoms with Crippen molar-refractivity contribution in [2.45, 2.75) is 25.6 Å². The van der Waals surface area contributed by atoms with Crippen molar-refractivity contribution in [3.05, 3.63) is 12.7 Å². The fraction of sp³-hybridized carbons (Fsp3) is 0.750. The highest BCUT2D eigenvalue weighted by Crippen LogP contribution is 1.91. The minimum Gasteiger partial charge on any atom is -0.389 e. The lowest BCUT2D eigenvalue weighted by molar-refractivity contribution is 0.0494. The Morgan fingerprint density at radius 3 is 2.64 bits per heavy atom. The van der Waals surface area contributed by atoms with Crippen LogP contribution < -0.4 is 5.32 Å². The van der Waals surface area contributed by atoms with Crippen LogP contribution in [0.2, 0.25) is 0 Å². The third kappa shape index (κ3) is 4.95. The van der Waals surface area contributed by atoms with Crippen molar-refractivity contribution >= 4 is 0 Å². The molecule has 0 heterocycles. The van der Waals surface area contributed by atoms with Gasteiger partial charge in [0.25, 0.3) is 0 Å². The van der Waals surface area contributed by atoms with Gasteiger partial charge in [-0.2, -0.15) is 0 Å². The molecule has 3 N–H and O–H groups in total. The first-order chi connectivity index (χ1) is 5.22. The van der Waals surface area contributed by atoms with E-state index < -0.39 is 12.2 Å². The van der Waals surface area contributed by atoms with Crippen LogP contribution in [-0.4, -0.2) is 35.5 Å². The van der Waals surface area contributed by atoms with E-state index in [0.717, 1.165) is 13.0 Å². The first kappa shape index (κ1) is 10.6. The van der Waals surface area contributed by atoms with E-state index in [4.69, 9.17) is 10.2 Å². The lowest BCUT2D eigenvalue weighted by Crippen LogP contribution is -2.35. The molecule has 0 fully saturated rings. The highest BCUT2D eigenvalue weighted by Gasteiger charge is 2.10. The summed E-state index contributed by atoms with van der Waals surface area (Å²) in [7, 11) is 0. The third-order valence-corrected chi connectivity index (χ3v) is 1.42. The van der Waals surface area contributed by atoms with E-state index in [9.17, 15) is 0 Å². The van der Waals surface area contributed by atoms with Gasteiger partial charge in [0, 0.05) is 6.54 Å². The zero-order chi connectivity index (χ0) is 8.69. The summed E-state index contributed by atoms with van der Waals surface area (Å²) in [4.78, 5) is 0. The van der Waals surface area contributed by atoms with E-state index in [1.54, 1.807) is 0 Å². The van der Waals surface area contributed by atoms with Crippen molar-refractivity contribution in [1.82, 2.24) is 5.32 Å². The molecule has 0 saturated heterocycles. The monoisotopic (exact) mass is 159 g/mol. The van der Waals surface area contributed by atoms with Gasteiger partial charge in [0.05, 0.1) is 12.2 Å². The minimum atomic E-state index is -0.820. The van der Waals surface area contributed by atoms with Crippen LogP contribution in [0.15, 0.2) is 12.7 Å². The average Bonchev–Trinajstić information content (AvgIpc) is 2.03. The second-order valence-corrected chi connectivity index (χ2v) is 2.50. The number of nitrogens with one attached hydrogen (secondary N) is 1. The summed E-state index contributed by atoms with van der Waals surface area (Å²) < 4.78 is 0. The molecule has 0 spiro atoms. The SMILES string of the molecule is C=C[C@H](O)[C@H](O)CNCCC. The fourth-order valence-electron chi connectivity index (χ4n) is 0.705. The maximum atomic E-state index is 9.16. The molecule has 0 unspecified atom stereocenters. The Labute approximate surface area is 67.7 Å². The number of aliphatic hydroxyl groups is 2. The minimum absolute atomic E-state index is 0.418. The van der Waals surface area contributed by atoms with Crippen molar-refractivity contribution in [1.29, 1.82) is 0 Å². The highest BCUT2D eigenvalue weighted by atomic mass is 16.3. The topological polar surface area (TPSA) is 52.5 Å². The Kier molecular flexibility index (Phi) is 6.12. The van der Waals surface area contributed by atoms with Crippen LogP contribution >= 0.6 is 0 Å². The van der Waals surface area contributed by atoms with Gasteiger partial charge in [0.1, 0.15) is 0 Å². The molecular formula is C8H17NO2. The maximum Gasteiger partial charge on any atom is 0.0989 e. The number of aliphatic hydroxyl groups excluding tert-OH is 2. The zero-order valence-electron chi connectivity index (χ0n) is 6.95. The summed E-state index contributed by atoms with van der Waals surface area (Å²) in [6.45, 7) is 6.70. The van der Waals surface area contributed by atoms with Crippen LogP contribution in [0.25, 0.3) is 0 Å². The third-order valence-electron chi connectivity index (χ3n) is 1.42. The van der Waals surface area contributed by atoms with Crippen molar-refractivity contribution in [2.24, 2.45) is 0 Å². The second-order valence-electron chi connectivity index (χ2n) is 2.50. The molecule has 0 aliphatic rings. The Morgan fingerprint density at radius 2 is 2.18 bits per heavy atom. The Morgan fingerprint density at radius 1 is 1.55 bits per heavy atom. The van der Waals surface area contributed by atoms with E-state index in [-0.39, 0.29) is 0 Å². The predicted octanol–water partition coefficient (Wildman–Crippen LogP) is -0.106. The van der Waals surface area contributed by atoms with Crippen molar-refractivity contribution < 1.29 is 10.2 Å². The molecule has 0 aromatic carbocycles. The lowest BCUT2D eigenvalue weighted by atomic mass is 10.2. The molecule has 0 rings (SSSR count). The van der Waals surface area contributed by atoms with Crippen molar-refractivity contribution in [3.63, 3.8) is 0 Å². The predicted molar refractivity (Wildman–Crippen MR) is 45.4 cm³/mol. The van der Waals surface area contributed by atoms with Gasteiger partial charge in [-0.25, -0.2) is 0 Å². The van der Waals surface area contributed by atoms with E-state index >= 15 is 0 Å². The molecule has 66 valence electrons. The average molecular weight is 159 g/mol. The van der Waals surface area contributed by atoms with Crippen LogP contribution in [0.5, 0.6) is 0 Å². The molecule has 0 aromatic heterocycles. The molecule has 0 aliphatic carbocycles. The van der Waals surface area contributed by atoms with E-state index in [2.05, 4.69) is 11.9 Å². The van der Waals surface area contributed by atoms with Crippen LogP contribution in [0.3, 0.4) is 0 Å². The fourth-order valence-corrected chi connectivity index (χ4v) is 0.705. The van der Waals surface area contributed by atoms with Gasteiger partial charge in [-0.3, -0.25) is 0 Å². The van der Waals surface area contributed by atoms with Gasteiger partial charge in [-0.05, 0) is 13.0 Å². The van der Waals surface area contributed by atoms with E-state index in [1.807, 2.05) is 6.92 Å². The summed E-state index contributed by atoms with van der Waals surface area (Å²) >= 11 is 0. The van der Waals surface area contributed by atoms with Crippen LogP contribution in [0, 0.1) is 0 Å². The summed E-state index contributed by atoms with van der Waals surface area (Å²) in [6.07, 6.45) is 0.799. The number of hydrogen-bond acceptors (Lipinski definition) is 3. The van der Waals surface area contributed by atoms with Gasteiger partial charge in [0.2, 0.25) is 0 Å². The van der Waals surface area contributed by atoms with Crippen LogP contribution in [0.4, 0.5) is 0 Å². The highest BCUT2D eigenvalue weighted by molar-refractivity contribution is 4.84. The van der Waals surface area contributed by atoms with Gasteiger partial charge in [0.15, 0.2) is 0 Å². The summed E-state index contributed by atoms with van der Waals surface area (Å²) in [5, 5.41) is 21.2. The Bertz CT molecular complexity index is 106. The lowest BCUT2D eigenvalue weighted by Gasteiger charge is -2.14. The molecule has 0 amide bonds. The summed E-state index contributed by atoms with van der Waals surface area (Å²) in [5.41, 5.74) is 0. The van der Waals surface area contributed by atoms with Gasteiger partial charge >= 0.3 is 0 Å². The molecule has 0 bridgehead atoms. The molecule has 3 heteroatoms. The number of hydrogen-bond donors (Lipinski definition) is 3. The van der Waals surface area contributed by atoms with Crippen molar-refractivity contribution in [2.75, 3.05) is 13.1 Å². The Balaban J connectivity index is 3.35. The van der Waals surface area contributed by atoms with Crippen LogP contribution in [0.1, 0.15) is 13.3 Å². The summed E-state index contributed by atoms with van der Waals surface area (Å²) in [5.74, 6) is 0. The largest absolute Gasteiger partial charge is 0.389 e. The first-order valence-corrected chi connectivity index (χ1v) is 3.91. The molecular weight excluding hydrogens is 142 g/mol. The maximum absolute atomic E-state index is 9.16. The molecule has 0 radical (unpaired) electrons. The number of rotatable bonds is 6. The zero-order valence-corrected chi connectivity index (χ0v) is 6.95. The molecule has 0 saturated carbocycles. The van der Waals surface area contributed by atoms with E-state index in [0.29, 0.717) is 6.54 Å². The van der Waals surface area contributed by atoms with Crippen molar-refractivity contribution in [3.8, 4) is 0 Å². The molecule has 0 aliphatic heterocycles. The second kappa shape index (κ2) is 6.34. The van der Waals surface area contributed by atoms with Gasteiger partial charge in [-0.15, -0.1) is 6.58 Å². The van der Waals surface area contributed by atoms with Gasteiger partial charge in [-0.1, -0.05) is 13.0 Å². The van der Waals surface area contributed by atoms with Gasteiger partial charge < -0.3 is 15.5 Å². The molecule has 0 aromatic rings. The van der Waals surface area contributed by atoms with E-state index in [1.165, 1.54) is 6.08 Å². The smallest absolute Gasteiger partial charge is 0.0989 e. The van der Waals surface area contributed by atoms with Crippen LogP contribution in [-0.2, 0) is 0 Å². The normalized spacial score (nSPS) is 15.9.